The Hall–Kier alpha value is -1.10. The first kappa shape index (κ1) is 12.9. The highest BCUT2D eigenvalue weighted by Crippen LogP contribution is 2.03. The van der Waals surface area contributed by atoms with Crippen LogP contribution in [0.15, 0.2) is 0 Å². The number of hydrogen-bond acceptors (Lipinski definition) is 3. The van der Waals surface area contributed by atoms with Gasteiger partial charge in [-0.05, 0) is 25.8 Å². The van der Waals surface area contributed by atoms with E-state index in [1.54, 1.807) is 0 Å². The van der Waals surface area contributed by atoms with Gasteiger partial charge < -0.3 is 15.5 Å². The smallest absolute Gasteiger partial charge is 0.320 e. The van der Waals surface area contributed by atoms with Gasteiger partial charge in [-0.3, -0.25) is 9.59 Å². The number of aliphatic carboxylic acids is 2. The molecule has 1 saturated heterocycles. The molecule has 1 unspecified atom stereocenters. The van der Waals surface area contributed by atoms with Crippen LogP contribution in [-0.2, 0) is 9.59 Å². The minimum atomic E-state index is -0.720. The lowest BCUT2D eigenvalue weighted by molar-refractivity contribution is -0.139. The zero-order valence-corrected chi connectivity index (χ0v) is 8.32. The van der Waals surface area contributed by atoms with Crippen molar-refractivity contribution in [1.29, 1.82) is 0 Å². The molecule has 5 heteroatoms. The van der Waals surface area contributed by atoms with Gasteiger partial charge in [0.05, 0.1) is 0 Å². The maximum atomic E-state index is 10.1. The highest BCUT2D eigenvalue weighted by Gasteiger charge is 2.20. The van der Waals surface area contributed by atoms with E-state index < -0.39 is 11.9 Å². The summed E-state index contributed by atoms with van der Waals surface area (Å²) in [5.74, 6) is -1.43. The highest BCUT2D eigenvalue weighted by molar-refractivity contribution is 5.73. The third-order valence-corrected chi connectivity index (χ3v) is 1.82. The predicted molar refractivity (Wildman–Crippen MR) is 51.2 cm³/mol. The third-order valence-electron chi connectivity index (χ3n) is 1.82. The van der Waals surface area contributed by atoms with E-state index in [1.807, 2.05) is 6.92 Å². The molecule has 0 bridgehead atoms. The summed E-state index contributed by atoms with van der Waals surface area (Å²) in [6.45, 7) is 2.70. The van der Waals surface area contributed by atoms with Crippen molar-refractivity contribution < 1.29 is 19.8 Å². The molecule has 1 atom stereocenters. The van der Waals surface area contributed by atoms with E-state index >= 15 is 0 Å². The minimum absolute atomic E-state index is 0.269. The van der Waals surface area contributed by atoms with Gasteiger partial charge in [-0.25, -0.2) is 0 Å². The van der Waals surface area contributed by atoms with Crippen LogP contribution in [0.5, 0.6) is 0 Å². The van der Waals surface area contributed by atoms with Gasteiger partial charge in [-0.1, -0.05) is 6.92 Å². The summed E-state index contributed by atoms with van der Waals surface area (Å²) in [7, 11) is 0. The minimum Gasteiger partial charge on any atom is -0.481 e. The van der Waals surface area contributed by atoms with Crippen molar-refractivity contribution in [3.05, 3.63) is 0 Å². The lowest BCUT2D eigenvalue weighted by atomic mass is 10.2. The van der Waals surface area contributed by atoms with Crippen LogP contribution in [0.1, 0.15) is 32.6 Å². The largest absolute Gasteiger partial charge is 0.481 e. The van der Waals surface area contributed by atoms with Crippen LogP contribution >= 0.6 is 0 Å². The van der Waals surface area contributed by atoms with Crippen molar-refractivity contribution in [3.8, 4) is 0 Å². The number of carboxylic acids is 2. The molecule has 0 aromatic rings. The van der Waals surface area contributed by atoms with E-state index in [0.29, 0.717) is 6.42 Å². The lowest BCUT2D eigenvalue weighted by Crippen LogP contribution is -2.29. The fraction of sp³-hybridized carbons (Fsp3) is 0.778. The summed E-state index contributed by atoms with van der Waals surface area (Å²) in [4.78, 5) is 19.7. The van der Waals surface area contributed by atoms with Gasteiger partial charge in [0, 0.05) is 6.42 Å². The Kier molecular flexibility index (Phi) is 6.74. The average molecular weight is 203 g/mol. The number of carbonyl (C=O) groups is 2. The van der Waals surface area contributed by atoms with Crippen LogP contribution in [0, 0.1) is 0 Å². The molecule has 0 aliphatic carbocycles. The van der Waals surface area contributed by atoms with Crippen molar-refractivity contribution in [2.45, 2.75) is 38.6 Å². The fourth-order valence-corrected chi connectivity index (χ4v) is 1.11. The van der Waals surface area contributed by atoms with E-state index in [0.717, 1.165) is 25.8 Å². The molecule has 0 aromatic carbocycles. The second-order valence-electron chi connectivity index (χ2n) is 3.13. The standard InChI is InChI=1S/C5H9NO2.C4H8O2/c7-5(8)4-2-1-3-6-4;1-2-3-4(5)6/h4,6H,1-3H2,(H,7,8);2-3H2,1H3,(H,5,6). The van der Waals surface area contributed by atoms with Gasteiger partial charge >= 0.3 is 11.9 Å². The van der Waals surface area contributed by atoms with E-state index in [2.05, 4.69) is 5.32 Å². The van der Waals surface area contributed by atoms with Gasteiger partial charge in [0.1, 0.15) is 6.04 Å². The maximum Gasteiger partial charge on any atom is 0.320 e. The monoisotopic (exact) mass is 203 g/mol. The Morgan fingerprint density at radius 2 is 2.07 bits per heavy atom. The molecule has 1 aliphatic rings. The Morgan fingerprint density at radius 1 is 1.43 bits per heavy atom. The van der Waals surface area contributed by atoms with Crippen LogP contribution in [0.3, 0.4) is 0 Å². The summed E-state index contributed by atoms with van der Waals surface area (Å²) in [6.07, 6.45) is 2.81. The Balaban J connectivity index is 0.000000255. The van der Waals surface area contributed by atoms with E-state index in [9.17, 15) is 9.59 Å². The first-order chi connectivity index (χ1) is 6.57. The topological polar surface area (TPSA) is 86.6 Å². The molecule has 5 nitrogen and oxygen atoms in total. The highest BCUT2D eigenvalue weighted by atomic mass is 16.4. The number of hydrogen-bond donors (Lipinski definition) is 3. The molecule has 0 saturated carbocycles. The van der Waals surface area contributed by atoms with Crippen molar-refractivity contribution in [2.24, 2.45) is 0 Å². The van der Waals surface area contributed by atoms with Gasteiger partial charge in [0.25, 0.3) is 0 Å². The predicted octanol–water partition coefficient (Wildman–Crippen LogP) is 0.694. The SMILES string of the molecule is CCCC(=O)O.O=C(O)C1CCCN1. The van der Waals surface area contributed by atoms with Crippen molar-refractivity contribution in [1.82, 2.24) is 5.32 Å². The molecule has 0 aromatic heterocycles. The molecule has 1 rings (SSSR count). The zero-order chi connectivity index (χ0) is 11.0. The van der Waals surface area contributed by atoms with Crippen LogP contribution in [-0.4, -0.2) is 34.7 Å². The van der Waals surface area contributed by atoms with Crippen LogP contribution in [0.25, 0.3) is 0 Å². The van der Waals surface area contributed by atoms with Gasteiger partial charge in [0.15, 0.2) is 0 Å². The molecule has 1 heterocycles. The van der Waals surface area contributed by atoms with Gasteiger partial charge in [0.2, 0.25) is 0 Å². The number of nitrogens with one attached hydrogen (secondary N) is 1. The van der Waals surface area contributed by atoms with Gasteiger partial charge in [-0.15, -0.1) is 0 Å². The van der Waals surface area contributed by atoms with E-state index in [1.165, 1.54) is 0 Å². The molecular weight excluding hydrogens is 186 g/mol. The van der Waals surface area contributed by atoms with Gasteiger partial charge in [-0.2, -0.15) is 0 Å². The van der Waals surface area contributed by atoms with E-state index in [-0.39, 0.29) is 6.04 Å². The quantitative estimate of drug-likeness (QED) is 0.628. The molecule has 0 amide bonds. The normalized spacial score (nSPS) is 19.6. The summed E-state index contributed by atoms with van der Waals surface area (Å²) in [5.41, 5.74) is 0. The third kappa shape index (κ3) is 6.42. The fourth-order valence-electron chi connectivity index (χ4n) is 1.11. The van der Waals surface area contributed by atoms with Crippen molar-refractivity contribution in [3.63, 3.8) is 0 Å². The molecule has 82 valence electrons. The first-order valence-corrected chi connectivity index (χ1v) is 4.76. The summed E-state index contributed by atoms with van der Waals surface area (Å²) < 4.78 is 0. The average Bonchev–Trinajstić information content (AvgIpc) is 2.56. The number of carboxylic acid groups (broad SMARTS) is 2. The van der Waals surface area contributed by atoms with Crippen LogP contribution < -0.4 is 5.32 Å². The van der Waals surface area contributed by atoms with Crippen molar-refractivity contribution >= 4 is 11.9 Å². The van der Waals surface area contributed by atoms with Crippen LogP contribution in [0.2, 0.25) is 0 Å². The van der Waals surface area contributed by atoms with E-state index in [4.69, 9.17) is 10.2 Å². The number of rotatable bonds is 3. The Bertz CT molecular complexity index is 187. The molecule has 1 aliphatic heterocycles. The zero-order valence-electron chi connectivity index (χ0n) is 8.32. The Labute approximate surface area is 83.1 Å². The summed E-state index contributed by atoms with van der Waals surface area (Å²) in [5, 5.41) is 19.1. The first-order valence-electron chi connectivity index (χ1n) is 4.76. The van der Waals surface area contributed by atoms with Crippen LogP contribution in [0.4, 0.5) is 0 Å². The molecule has 0 spiro atoms. The molecular formula is C9H17NO4. The van der Waals surface area contributed by atoms with Crippen molar-refractivity contribution in [2.75, 3.05) is 6.54 Å². The second-order valence-corrected chi connectivity index (χ2v) is 3.13. The maximum absolute atomic E-state index is 10.1. The molecule has 14 heavy (non-hydrogen) atoms. The Morgan fingerprint density at radius 3 is 2.21 bits per heavy atom. The molecule has 0 radical (unpaired) electrons. The summed E-state index contributed by atoms with van der Waals surface area (Å²) in [6, 6.07) is -0.269. The lowest BCUT2D eigenvalue weighted by Gasteiger charge is -1.99. The second kappa shape index (κ2) is 7.32. The molecule has 1 fully saturated rings. The summed E-state index contributed by atoms with van der Waals surface area (Å²) >= 11 is 0. The molecule has 3 N–H and O–H groups in total.